The van der Waals surface area contributed by atoms with Gasteiger partial charge in [0.25, 0.3) is 0 Å². The van der Waals surface area contributed by atoms with Crippen LogP contribution in [0, 0.1) is 12.7 Å². The molecule has 0 bridgehead atoms. The molecule has 0 radical (unpaired) electrons. The van der Waals surface area contributed by atoms with Crippen LogP contribution in [0.25, 0.3) is 22.4 Å². The molecule has 0 aliphatic heterocycles. The Labute approximate surface area is 130 Å². The van der Waals surface area contributed by atoms with Gasteiger partial charge in [-0.3, -0.25) is 5.10 Å². The number of rotatable bonds is 2. The second-order valence-electron chi connectivity index (χ2n) is 4.78. The van der Waals surface area contributed by atoms with E-state index in [1.165, 1.54) is 12.1 Å². The topological polar surface area (TPSA) is 54.7 Å². The molecule has 21 heavy (non-hydrogen) atoms. The molecule has 0 amide bonds. The first-order chi connectivity index (χ1) is 10.1. The minimum atomic E-state index is -0.277. The Hall–Kier alpha value is -2.14. The maximum atomic E-state index is 13.1. The predicted octanol–water partition coefficient (Wildman–Crippen LogP) is 4.54. The third kappa shape index (κ3) is 2.45. The minimum Gasteiger partial charge on any atom is -0.382 e. The molecule has 0 fully saturated rings. The molecule has 3 N–H and O–H groups in total. The molecule has 0 saturated carbocycles. The summed E-state index contributed by atoms with van der Waals surface area (Å²) in [5, 5.41) is 7.09. The molecule has 3 aromatic rings. The van der Waals surface area contributed by atoms with Crippen molar-refractivity contribution >= 4 is 21.7 Å². The van der Waals surface area contributed by atoms with Crippen molar-refractivity contribution in [1.29, 1.82) is 0 Å². The van der Waals surface area contributed by atoms with Crippen molar-refractivity contribution in [3.63, 3.8) is 0 Å². The molecule has 1 heterocycles. The van der Waals surface area contributed by atoms with E-state index in [4.69, 9.17) is 5.73 Å². The lowest BCUT2D eigenvalue weighted by Gasteiger charge is -2.09. The fraction of sp³-hybridized carbons (Fsp3) is 0.0625. The first kappa shape index (κ1) is 13.8. The monoisotopic (exact) mass is 345 g/mol. The second kappa shape index (κ2) is 5.33. The fourth-order valence-corrected chi connectivity index (χ4v) is 2.70. The van der Waals surface area contributed by atoms with Crippen molar-refractivity contribution in [2.75, 3.05) is 5.73 Å². The summed E-state index contributed by atoms with van der Waals surface area (Å²) in [5.74, 6) is 0.122. The molecule has 0 aliphatic rings. The lowest BCUT2D eigenvalue weighted by molar-refractivity contribution is 0.628. The van der Waals surface area contributed by atoms with E-state index in [0.29, 0.717) is 5.82 Å². The van der Waals surface area contributed by atoms with Gasteiger partial charge >= 0.3 is 0 Å². The summed E-state index contributed by atoms with van der Waals surface area (Å²) >= 11 is 3.53. The number of H-pyrrole nitrogens is 1. The molecular weight excluding hydrogens is 333 g/mol. The number of nitrogens with zero attached hydrogens (tertiary/aromatic N) is 1. The molecule has 106 valence electrons. The summed E-state index contributed by atoms with van der Waals surface area (Å²) in [7, 11) is 0. The van der Waals surface area contributed by atoms with E-state index in [-0.39, 0.29) is 5.82 Å². The molecule has 0 atom stereocenters. The van der Waals surface area contributed by atoms with Gasteiger partial charge in [0.15, 0.2) is 5.82 Å². The van der Waals surface area contributed by atoms with Crippen molar-refractivity contribution in [1.82, 2.24) is 10.2 Å². The quantitative estimate of drug-likeness (QED) is 0.716. The Morgan fingerprint density at radius 1 is 1.14 bits per heavy atom. The van der Waals surface area contributed by atoms with Crippen LogP contribution < -0.4 is 5.73 Å². The average Bonchev–Trinajstić information content (AvgIpc) is 2.85. The van der Waals surface area contributed by atoms with Crippen LogP contribution in [0.3, 0.4) is 0 Å². The largest absolute Gasteiger partial charge is 0.382 e. The van der Waals surface area contributed by atoms with Crippen molar-refractivity contribution in [3.05, 3.63) is 58.3 Å². The normalized spacial score (nSPS) is 10.8. The van der Waals surface area contributed by atoms with Gasteiger partial charge < -0.3 is 5.73 Å². The average molecular weight is 346 g/mol. The number of benzene rings is 2. The summed E-state index contributed by atoms with van der Waals surface area (Å²) in [4.78, 5) is 0. The molecule has 3 rings (SSSR count). The SMILES string of the molecule is Cc1c(Br)cccc1-c1[nH]nc(N)c1-c1ccc(F)cc1. The Morgan fingerprint density at radius 3 is 2.57 bits per heavy atom. The maximum absolute atomic E-state index is 13.1. The molecular formula is C16H13BrFN3. The van der Waals surface area contributed by atoms with E-state index in [0.717, 1.165) is 32.4 Å². The first-order valence-corrected chi connectivity index (χ1v) is 7.22. The van der Waals surface area contributed by atoms with Crippen LogP contribution in [0.5, 0.6) is 0 Å². The number of nitrogens with two attached hydrogens (primary N) is 1. The first-order valence-electron chi connectivity index (χ1n) is 6.43. The van der Waals surface area contributed by atoms with Crippen LogP contribution in [0.4, 0.5) is 10.2 Å². The van der Waals surface area contributed by atoms with Gasteiger partial charge in [0.2, 0.25) is 0 Å². The third-order valence-electron chi connectivity index (χ3n) is 3.46. The number of hydrogen-bond acceptors (Lipinski definition) is 2. The Morgan fingerprint density at radius 2 is 1.86 bits per heavy atom. The highest BCUT2D eigenvalue weighted by atomic mass is 79.9. The lowest BCUT2D eigenvalue weighted by atomic mass is 9.98. The Balaban J connectivity index is 2.22. The minimum absolute atomic E-state index is 0.277. The van der Waals surface area contributed by atoms with Crippen LogP contribution in [-0.4, -0.2) is 10.2 Å². The molecule has 1 aromatic heterocycles. The second-order valence-corrected chi connectivity index (χ2v) is 5.63. The summed E-state index contributed by atoms with van der Waals surface area (Å²) < 4.78 is 14.1. The van der Waals surface area contributed by atoms with Gasteiger partial charge in [-0.1, -0.05) is 40.2 Å². The number of aromatic nitrogens is 2. The van der Waals surface area contributed by atoms with Gasteiger partial charge in [-0.25, -0.2) is 4.39 Å². The van der Waals surface area contributed by atoms with E-state index in [9.17, 15) is 4.39 Å². The standard InChI is InChI=1S/C16H13BrFN3/c1-9-12(3-2-4-13(9)17)15-14(16(19)21-20-15)10-5-7-11(18)8-6-10/h2-8H,1H3,(H3,19,20,21). The van der Waals surface area contributed by atoms with E-state index >= 15 is 0 Å². The molecule has 3 nitrogen and oxygen atoms in total. The van der Waals surface area contributed by atoms with Crippen LogP contribution in [0.15, 0.2) is 46.9 Å². The maximum Gasteiger partial charge on any atom is 0.153 e. The number of anilines is 1. The summed E-state index contributed by atoms with van der Waals surface area (Å²) in [6.07, 6.45) is 0. The molecule has 0 aliphatic carbocycles. The number of halogens is 2. The highest BCUT2D eigenvalue weighted by Crippen LogP contribution is 2.37. The van der Waals surface area contributed by atoms with Crippen LogP contribution in [0.2, 0.25) is 0 Å². The molecule has 5 heteroatoms. The van der Waals surface area contributed by atoms with E-state index < -0.39 is 0 Å². The molecule has 0 unspecified atom stereocenters. The fourth-order valence-electron chi connectivity index (χ4n) is 2.34. The highest BCUT2D eigenvalue weighted by molar-refractivity contribution is 9.10. The van der Waals surface area contributed by atoms with E-state index in [1.807, 2.05) is 25.1 Å². The molecule has 0 spiro atoms. The zero-order valence-electron chi connectivity index (χ0n) is 11.3. The number of nitrogens with one attached hydrogen (secondary N) is 1. The van der Waals surface area contributed by atoms with Gasteiger partial charge in [-0.15, -0.1) is 0 Å². The highest BCUT2D eigenvalue weighted by Gasteiger charge is 2.16. The summed E-state index contributed by atoms with van der Waals surface area (Å²) in [5.41, 5.74) is 10.5. The van der Waals surface area contributed by atoms with Gasteiger partial charge in [0.05, 0.1) is 11.3 Å². The number of aromatic amines is 1. The zero-order chi connectivity index (χ0) is 15.0. The van der Waals surface area contributed by atoms with E-state index in [2.05, 4.69) is 26.1 Å². The Bertz CT molecular complexity index is 794. The predicted molar refractivity (Wildman–Crippen MR) is 86.3 cm³/mol. The zero-order valence-corrected chi connectivity index (χ0v) is 12.9. The van der Waals surface area contributed by atoms with Crippen molar-refractivity contribution in [3.8, 4) is 22.4 Å². The van der Waals surface area contributed by atoms with Gasteiger partial charge in [-0.05, 0) is 36.2 Å². The number of hydrogen-bond donors (Lipinski definition) is 2. The van der Waals surface area contributed by atoms with E-state index in [1.54, 1.807) is 12.1 Å². The van der Waals surface area contributed by atoms with Crippen LogP contribution in [0.1, 0.15) is 5.56 Å². The Kier molecular flexibility index (Phi) is 3.51. The third-order valence-corrected chi connectivity index (χ3v) is 4.32. The van der Waals surface area contributed by atoms with Crippen LogP contribution >= 0.6 is 15.9 Å². The van der Waals surface area contributed by atoms with Crippen molar-refractivity contribution < 1.29 is 4.39 Å². The molecule has 2 aromatic carbocycles. The van der Waals surface area contributed by atoms with Crippen LogP contribution in [-0.2, 0) is 0 Å². The smallest absolute Gasteiger partial charge is 0.153 e. The summed E-state index contributed by atoms with van der Waals surface area (Å²) in [6, 6.07) is 12.2. The lowest BCUT2D eigenvalue weighted by Crippen LogP contribution is -1.90. The van der Waals surface area contributed by atoms with Gasteiger partial charge in [0.1, 0.15) is 5.82 Å². The van der Waals surface area contributed by atoms with Crippen molar-refractivity contribution in [2.24, 2.45) is 0 Å². The van der Waals surface area contributed by atoms with Gasteiger partial charge in [0, 0.05) is 10.0 Å². The van der Waals surface area contributed by atoms with Gasteiger partial charge in [-0.2, -0.15) is 5.10 Å². The van der Waals surface area contributed by atoms with Crippen molar-refractivity contribution in [2.45, 2.75) is 6.92 Å². The summed E-state index contributed by atoms with van der Waals surface area (Å²) in [6.45, 7) is 2.02. The number of nitrogen functional groups attached to an aromatic ring is 1. The molecule has 0 saturated heterocycles.